The van der Waals surface area contributed by atoms with Gasteiger partial charge in [0.25, 0.3) is 0 Å². The fourth-order valence-electron chi connectivity index (χ4n) is 1.89. The molecule has 0 bridgehead atoms. The number of nitrogens with one attached hydrogen (secondary N) is 2. The SMILES string of the molecule is CN(CCNC(=O)Nc1cccnc1C(=O)O)C1CC1. The normalized spacial score (nSPS) is 14.1. The van der Waals surface area contributed by atoms with E-state index >= 15 is 0 Å². The number of urea groups is 1. The Morgan fingerprint density at radius 1 is 1.50 bits per heavy atom. The van der Waals surface area contributed by atoms with Crippen LogP contribution in [0.15, 0.2) is 18.3 Å². The first-order valence-corrected chi connectivity index (χ1v) is 6.51. The molecule has 1 aliphatic carbocycles. The van der Waals surface area contributed by atoms with Gasteiger partial charge in [-0.1, -0.05) is 0 Å². The van der Waals surface area contributed by atoms with Crippen LogP contribution < -0.4 is 10.6 Å². The van der Waals surface area contributed by atoms with Gasteiger partial charge >= 0.3 is 12.0 Å². The first-order valence-electron chi connectivity index (χ1n) is 6.51. The number of carboxylic acids is 1. The summed E-state index contributed by atoms with van der Waals surface area (Å²) in [5.41, 5.74) is 0.0193. The number of likely N-dealkylation sites (N-methyl/N-ethyl adjacent to an activating group) is 1. The van der Waals surface area contributed by atoms with E-state index in [-0.39, 0.29) is 11.4 Å². The summed E-state index contributed by atoms with van der Waals surface area (Å²) in [5.74, 6) is -1.17. The van der Waals surface area contributed by atoms with Crippen molar-refractivity contribution in [1.82, 2.24) is 15.2 Å². The monoisotopic (exact) mass is 278 g/mol. The fourth-order valence-corrected chi connectivity index (χ4v) is 1.89. The molecule has 2 amide bonds. The third kappa shape index (κ3) is 3.92. The van der Waals surface area contributed by atoms with E-state index in [4.69, 9.17) is 5.11 Å². The molecule has 0 aromatic carbocycles. The average molecular weight is 278 g/mol. The van der Waals surface area contributed by atoms with Gasteiger partial charge in [0, 0.05) is 25.3 Å². The maximum Gasteiger partial charge on any atom is 0.356 e. The summed E-state index contributed by atoms with van der Waals surface area (Å²) in [6, 6.07) is 3.30. The van der Waals surface area contributed by atoms with Crippen LogP contribution in [0.5, 0.6) is 0 Å². The second kappa shape index (κ2) is 6.33. The maximum absolute atomic E-state index is 11.7. The van der Waals surface area contributed by atoms with Crippen molar-refractivity contribution in [2.75, 3.05) is 25.5 Å². The largest absolute Gasteiger partial charge is 0.476 e. The van der Waals surface area contributed by atoms with E-state index in [1.54, 1.807) is 6.07 Å². The predicted molar refractivity (Wildman–Crippen MR) is 73.9 cm³/mol. The number of aromatic nitrogens is 1. The summed E-state index contributed by atoms with van der Waals surface area (Å²) in [5, 5.41) is 14.2. The van der Waals surface area contributed by atoms with Crippen LogP contribution in [-0.4, -0.2) is 53.2 Å². The highest BCUT2D eigenvalue weighted by atomic mass is 16.4. The van der Waals surface area contributed by atoms with E-state index in [1.807, 2.05) is 7.05 Å². The number of rotatable bonds is 6. The maximum atomic E-state index is 11.7. The standard InChI is InChI=1S/C13H18N4O3/c1-17(9-4-5-9)8-7-15-13(20)16-10-3-2-6-14-11(10)12(18)19/h2-3,6,9H,4-5,7-8H2,1H3,(H,18,19)(H2,15,16,20). The van der Waals surface area contributed by atoms with Crippen LogP contribution in [0.2, 0.25) is 0 Å². The Morgan fingerprint density at radius 2 is 2.25 bits per heavy atom. The van der Waals surface area contributed by atoms with Gasteiger partial charge < -0.3 is 20.6 Å². The molecule has 3 N–H and O–H groups in total. The van der Waals surface area contributed by atoms with Crippen LogP contribution >= 0.6 is 0 Å². The highest BCUT2D eigenvalue weighted by molar-refractivity contribution is 5.98. The van der Waals surface area contributed by atoms with Crippen molar-refractivity contribution >= 4 is 17.7 Å². The Hall–Kier alpha value is -2.15. The third-order valence-electron chi connectivity index (χ3n) is 3.18. The number of nitrogens with zero attached hydrogens (tertiary/aromatic N) is 2. The summed E-state index contributed by atoms with van der Waals surface area (Å²) in [6.45, 7) is 1.29. The molecule has 0 saturated heterocycles. The zero-order chi connectivity index (χ0) is 14.5. The van der Waals surface area contributed by atoms with Crippen LogP contribution in [0, 0.1) is 0 Å². The molecule has 0 radical (unpaired) electrons. The summed E-state index contributed by atoms with van der Waals surface area (Å²) in [7, 11) is 2.03. The summed E-state index contributed by atoms with van der Waals surface area (Å²) >= 11 is 0. The number of pyridine rings is 1. The van der Waals surface area contributed by atoms with E-state index in [1.165, 1.54) is 25.1 Å². The number of aromatic carboxylic acids is 1. The number of anilines is 1. The molecule has 7 nitrogen and oxygen atoms in total. The van der Waals surface area contributed by atoms with Gasteiger partial charge in [-0.3, -0.25) is 0 Å². The van der Waals surface area contributed by atoms with Crippen molar-refractivity contribution in [3.05, 3.63) is 24.0 Å². The predicted octanol–water partition coefficient (Wildman–Crippen LogP) is 0.995. The van der Waals surface area contributed by atoms with Gasteiger partial charge in [-0.15, -0.1) is 0 Å². The van der Waals surface area contributed by atoms with E-state index in [9.17, 15) is 9.59 Å². The first kappa shape index (κ1) is 14.3. The van der Waals surface area contributed by atoms with Crippen molar-refractivity contribution < 1.29 is 14.7 Å². The molecular weight excluding hydrogens is 260 g/mol. The van der Waals surface area contributed by atoms with Crippen LogP contribution in [0.1, 0.15) is 23.3 Å². The number of amides is 2. The molecule has 1 saturated carbocycles. The molecule has 1 fully saturated rings. The Kier molecular flexibility index (Phi) is 4.52. The van der Waals surface area contributed by atoms with Crippen LogP contribution in [-0.2, 0) is 0 Å². The molecule has 0 spiro atoms. The summed E-state index contributed by atoms with van der Waals surface area (Å²) < 4.78 is 0. The minimum Gasteiger partial charge on any atom is -0.476 e. The molecular formula is C13H18N4O3. The molecule has 1 aromatic rings. The van der Waals surface area contributed by atoms with Crippen molar-refractivity contribution in [3.8, 4) is 0 Å². The smallest absolute Gasteiger partial charge is 0.356 e. The number of hydrogen-bond acceptors (Lipinski definition) is 4. The highest BCUT2D eigenvalue weighted by Gasteiger charge is 2.25. The number of hydrogen-bond donors (Lipinski definition) is 3. The van der Waals surface area contributed by atoms with E-state index in [2.05, 4.69) is 20.5 Å². The van der Waals surface area contributed by atoms with Crippen molar-refractivity contribution in [3.63, 3.8) is 0 Å². The first-order chi connectivity index (χ1) is 9.58. The van der Waals surface area contributed by atoms with Crippen LogP contribution in [0.3, 0.4) is 0 Å². The Morgan fingerprint density at radius 3 is 2.90 bits per heavy atom. The molecule has 0 atom stereocenters. The molecule has 2 rings (SSSR count). The average Bonchev–Trinajstić information content (AvgIpc) is 3.23. The Balaban J connectivity index is 1.80. The number of carbonyl (C=O) groups excluding carboxylic acids is 1. The van der Waals surface area contributed by atoms with Crippen molar-refractivity contribution in [1.29, 1.82) is 0 Å². The topological polar surface area (TPSA) is 94.6 Å². The molecule has 7 heteroatoms. The quantitative estimate of drug-likeness (QED) is 0.721. The number of carbonyl (C=O) groups is 2. The lowest BCUT2D eigenvalue weighted by Crippen LogP contribution is -2.36. The van der Waals surface area contributed by atoms with Crippen LogP contribution in [0.25, 0.3) is 0 Å². The molecule has 1 aliphatic rings. The highest BCUT2D eigenvalue weighted by Crippen LogP contribution is 2.24. The van der Waals surface area contributed by atoms with Gasteiger partial charge in [0.1, 0.15) is 0 Å². The zero-order valence-electron chi connectivity index (χ0n) is 11.3. The minimum absolute atomic E-state index is 0.169. The molecule has 1 heterocycles. The Labute approximate surface area is 117 Å². The Bertz CT molecular complexity index is 502. The van der Waals surface area contributed by atoms with Gasteiger partial charge in [0.15, 0.2) is 5.69 Å². The fraction of sp³-hybridized carbons (Fsp3) is 0.462. The molecule has 0 aliphatic heterocycles. The second-order valence-electron chi connectivity index (χ2n) is 4.80. The minimum atomic E-state index is -1.17. The van der Waals surface area contributed by atoms with Crippen molar-refractivity contribution in [2.45, 2.75) is 18.9 Å². The summed E-state index contributed by atoms with van der Waals surface area (Å²) in [6.07, 6.45) is 3.82. The third-order valence-corrected chi connectivity index (χ3v) is 3.18. The van der Waals surface area contributed by atoms with Gasteiger partial charge in [0.05, 0.1) is 5.69 Å². The van der Waals surface area contributed by atoms with E-state index in [0.717, 1.165) is 6.54 Å². The molecule has 108 valence electrons. The van der Waals surface area contributed by atoms with E-state index < -0.39 is 12.0 Å². The zero-order valence-corrected chi connectivity index (χ0v) is 11.3. The van der Waals surface area contributed by atoms with Crippen LogP contribution in [0.4, 0.5) is 10.5 Å². The second-order valence-corrected chi connectivity index (χ2v) is 4.80. The molecule has 0 unspecified atom stereocenters. The van der Waals surface area contributed by atoms with Gasteiger partial charge in [-0.05, 0) is 32.0 Å². The lowest BCUT2D eigenvalue weighted by Gasteiger charge is -2.16. The van der Waals surface area contributed by atoms with E-state index in [0.29, 0.717) is 12.6 Å². The lowest BCUT2D eigenvalue weighted by atomic mass is 10.3. The lowest BCUT2D eigenvalue weighted by molar-refractivity contribution is 0.0692. The summed E-state index contributed by atoms with van der Waals surface area (Å²) in [4.78, 5) is 28.6. The van der Waals surface area contributed by atoms with Crippen molar-refractivity contribution in [2.24, 2.45) is 0 Å². The molecule has 1 aromatic heterocycles. The van der Waals surface area contributed by atoms with Gasteiger partial charge in [-0.2, -0.15) is 0 Å². The number of carboxylic acid groups (broad SMARTS) is 1. The van der Waals surface area contributed by atoms with Gasteiger partial charge in [0.2, 0.25) is 0 Å². The molecule has 20 heavy (non-hydrogen) atoms. The van der Waals surface area contributed by atoms with Gasteiger partial charge in [-0.25, -0.2) is 14.6 Å².